The summed E-state index contributed by atoms with van der Waals surface area (Å²) in [4.78, 5) is 25.9. The summed E-state index contributed by atoms with van der Waals surface area (Å²) in [7, 11) is 0. The first-order valence-electron chi connectivity index (χ1n) is 7.77. The number of hydrogen-bond donors (Lipinski definition) is 2. The topological polar surface area (TPSA) is 69.6 Å². The smallest absolute Gasteiger partial charge is 0.329 e. The number of amides is 2. The Hall–Kier alpha value is -1.26. The molecule has 2 saturated carbocycles. The van der Waals surface area contributed by atoms with Crippen LogP contribution in [-0.2, 0) is 4.79 Å². The molecule has 0 heterocycles. The van der Waals surface area contributed by atoms with Crippen molar-refractivity contribution in [3.05, 3.63) is 0 Å². The molecule has 0 aromatic rings. The lowest BCUT2D eigenvalue weighted by Gasteiger charge is -2.37. The van der Waals surface area contributed by atoms with Crippen LogP contribution in [-0.4, -0.2) is 40.1 Å². The highest BCUT2D eigenvalue weighted by Crippen LogP contribution is 2.32. The van der Waals surface area contributed by atoms with Crippen molar-refractivity contribution in [2.45, 2.75) is 70.4 Å². The van der Waals surface area contributed by atoms with Crippen molar-refractivity contribution in [1.82, 2.24) is 10.2 Å². The molecular formula is C15H26N2O3. The minimum atomic E-state index is -1.05. The van der Waals surface area contributed by atoms with Crippen molar-refractivity contribution < 1.29 is 14.7 Å². The van der Waals surface area contributed by atoms with Crippen LogP contribution >= 0.6 is 0 Å². The second-order valence-electron chi connectivity index (χ2n) is 6.57. The fourth-order valence-electron chi connectivity index (χ4n) is 2.93. The van der Waals surface area contributed by atoms with Crippen LogP contribution in [0.2, 0.25) is 0 Å². The summed E-state index contributed by atoms with van der Waals surface area (Å²) in [6, 6.07) is -0.110. The van der Waals surface area contributed by atoms with E-state index >= 15 is 0 Å². The minimum Gasteiger partial charge on any atom is -0.480 e. The van der Waals surface area contributed by atoms with E-state index < -0.39 is 11.5 Å². The summed E-state index contributed by atoms with van der Waals surface area (Å²) in [5.41, 5.74) is -1.05. The van der Waals surface area contributed by atoms with Gasteiger partial charge in [-0.05, 0) is 45.4 Å². The molecule has 0 aromatic heterocycles. The van der Waals surface area contributed by atoms with E-state index in [1.807, 2.05) is 13.8 Å². The summed E-state index contributed by atoms with van der Waals surface area (Å²) in [5, 5.41) is 12.4. The lowest BCUT2D eigenvalue weighted by molar-refractivity contribution is -0.146. The molecular weight excluding hydrogens is 256 g/mol. The van der Waals surface area contributed by atoms with Crippen LogP contribution in [0, 0.1) is 5.92 Å². The summed E-state index contributed by atoms with van der Waals surface area (Å²) in [5.74, 6) is -0.282. The van der Waals surface area contributed by atoms with Gasteiger partial charge in [-0.15, -0.1) is 0 Å². The predicted octanol–water partition coefficient (Wildman–Crippen LogP) is 2.60. The maximum Gasteiger partial charge on any atom is 0.329 e. The Labute approximate surface area is 120 Å². The minimum absolute atomic E-state index is 0.102. The zero-order chi connectivity index (χ0) is 14.8. The average molecular weight is 282 g/mol. The van der Waals surface area contributed by atoms with Gasteiger partial charge < -0.3 is 15.3 Å². The van der Waals surface area contributed by atoms with E-state index in [2.05, 4.69) is 5.32 Å². The maximum atomic E-state index is 12.5. The van der Waals surface area contributed by atoms with E-state index in [1.54, 1.807) is 4.90 Å². The van der Waals surface area contributed by atoms with E-state index in [0.717, 1.165) is 25.8 Å². The molecule has 0 radical (unpaired) electrons. The molecule has 114 valence electrons. The number of carboxylic acids is 1. The largest absolute Gasteiger partial charge is 0.480 e. The summed E-state index contributed by atoms with van der Waals surface area (Å²) >= 11 is 0. The van der Waals surface area contributed by atoms with Crippen molar-refractivity contribution in [3.8, 4) is 0 Å². The Kier molecular flexibility index (Phi) is 4.55. The third-order valence-corrected chi connectivity index (χ3v) is 4.50. The first-order chi connectivity index (χ1) is 9.44. The third-order valence-electron chi connectivity index (χ3n) is 4.50. The first-order valence-corrected chi connectivity index (χ1v) is 7.77. The van der Waals surface area contributed by atoms with Crippen molar-refractivity contribution in [1.29, 1.82) is 0 Å². The second-order valence-corrected chi connectivity index (χ2v) is 6.57. The van der Waals surface area contributed by atoms with Crippen LogP contribution in [0.25, 0.3) is 0 Å². The van der Waals surface area contributed by atoms with Gasteiger partial charge in [0.2, 0.25) is 0 Å². The number of nitrogens with one attached hydrogen (secondary N) is 1. The predicted molar refractivity (Wildman–Crippen MR) is 76.5 cm³/mol. The molecule has 0 aromatic carbocycles. The molecule has 2 aliphatic carbocycles. The van der Waals surface area contributed by atoms with Crippen LogP contribution < -0.4 is 5.32 Å². The molecule has 20 heavy (non-hydrogen) atoms. The van der Waals surface area contributed by atoms with Gasteiger partial charge in [-0.2, -0.15) is 0 Å². The van der Waals surface area contributed by atoms with Gasteiger partial charge in [-0.1, -0.05) is 19.3 Å². The standard InChI is InChI=1S/C15H26N2O3/c1-11(2)17(10-12-6-7-12)14(20)16-15(13(18)19)8-4-3-5-9-15/h11-12H,3-10H2,1-2H3,(H,16,20)(H,18,19). The Morgan fingerprint density at radius 3 is 2.30 bits per heavy atom. The number of carbonyl (C=O) groups excluding carboxylic acids is 1. The van der Waals surface area contributed by atoms with Crippen LogP contribution in [0.3, 0.4) is 0 Å². The molecule has 0 atom stereocenters. The Morgan fingerprint density at radius 1 is 1.25 bits per heavy atom. The highest BCUT2D eigenvalue weighted by atomic mass is 16.4. The van der Waals surface area contributed by atoms with Gasteiger partial charge >= 0.3 is 12.0 Å². The Morgan fingerprint density at radius 2 is 1.85 bits per heavy atom. The molecule has 2 N–H and O–H groups in total. The van der Waals surface area contributed by atoms with E-state index in [-0.39, 0.29) is 12.1 Å². The fraction of sp³-hybridized carbons (Fsp3) is 0.867. The zero-order valence-electron chi connectivity index (χ0n) is 12.5. The summed E-state index contributed by atoms with van der Waals surface area (Å²) < 4.78 is 0. The number of urea groups is 1. The molecule has 2 amide bonds. The van der Waals surface area contributed by atoms with E-state index in [4.69, 9.17) is 0 Å². The number of aliphatic carboxylic acids is 1. The highest BCUT2D eigenvalue weighted by molar-refractivity contribution is 5.86. The van der Waals surface area contributed by atoms with E-state index in [0.29, 0.717) is 18.8 Å². The normalized spacial score (nSPS) is 21.6. The maximum absolute atomic E-state index is 12.5. The van der Waals surface area contributed by atoms with Crippen molar-refractivity contribution in [2.75, 3.05) is 6.54 Å². The highest BCUT2D eigenvalue weighted by Gasteiger charge is 2.42. The number of rotatable bonds is 5. The molecule has 2 rings (SSSR count). The monoisotopic (exact) mass is 282 g/mol. The molecule has 0 unspecified atom stereocenters. The van der Waals surface area contributed by atoms with Crippen molar-refractivity contribution in [3.63, 3.8) is 0 Å². The summed E-state index contributed by atoms with van der Waals surface area (Å²) in [6.45, 7) is 4.71. The van der Waals surface area contributed by atoms with Gasteiger partial charge in [0.25, 0.3) is 0 Å². The molecule has 0 bridgehead atoms. The molecule has 2 aliphatic rings. The molecule has 5 heteroatoms. The molecule has 0 saturated heterocycles. The Bertz CT molecular complexity index is 371. The SMILES string of the molecule is CC(C)N(CC1CC1)C(=O)NC1(C(=O)O)CCCCC1. The van der Waals surface area contributed by atoms with Crippen LogP contribution in [0.15, 0.2) is 0 Å². The quantitative estimate of drug-likeness (QED) is 0.814. The Balaban J connectivity index is 2.03. The van der Waals surface area contributed by atoms with Crippen molar-refractivity contribution in [2.24, 2.45) is 5.92 Å². The van der Waals surface area contributed by atoms with Gasteiger partial charge in [0.15, 0.2) is 0 Å². The second kappa shape index (κ2) is 6.02. The number of carbonyl (C=O) groups is 2. The molecule has 0 spiro atoms. The number of nitrogens with zero attached hydrogens (tertiary/aromatic N) is 1. The van der Waals surface area contributed by atoms with Gasteiger partial charge in [-0.3, -0.25) is 0 Å². The lowest BCUT2D eigenvalue weighted by Crippen LogP contribution is -2.59. The molecule has 2 fully saturated rings. The van der Waals surface area contributed by atoms with Crippen LogP contribution in [0.1, 0.15) is 58.8 Å². The third kappa shape index (κ3) is 3.44. The van der Waals surface area contributed by atoms with Gasteiger partial charge in [0, 0.05) is 12.6 Å². The van der Waals surface area contributed by atoms with Gasteiger partial charge in [-0.25, -0.2) is 9.59 Å². The number of hydrogen-bond acceptors (Lipinski definition) is 2. The molecule has 5 nitrogen and oxygen atoms in total. The fourth-order valence-corrected chi connectivity index (χ4v) is 2.93. The first kappa shape index (κ1) is 15.1. The van der Waals surface area contributed by atoms with Gasteiger partial charge in [0.1, 0.15) is 5.54 Å². The lowest BCUT2D eigenvalue weighted by atomic mass is 9.82. The summed E-state index contributed by atoms with van der Waals surface area (Å²) in [6.07, 6.45) is 6.25. The van der Waals surface area contributed by atoms with Crippen LogP contribution in [0.4, 0.5) is 4.79 Å². The van der Waals surface area contributed by atoms with E-state index in [1.165, 1.54) is 12.8 Å². The zero-order valence-corrected chi connectivity index (χ0v) is 12.5. The van der Waals surface area contributed by atoms with Crippen LogP contribution in [0.5, 0.6) is 0 Å². The van der Waals surface area contributed by atoms with Crippen molar-refractivity contribution >= 4 is 12.0 Å². The average Bonchev–Trinajstić information content (AvgIpc) is 3.20. The van der Waals surface area contributed by atoms with Gasteiger partial charge in [0.05, 0.1) is 0 Å². The van der Waals surface area contributed by atoms with E-state index in [9.17, 15) is 14.7 Å². The number of carboxylic acid groups (broad SMARTS) is 1. The molecule has 0 aliphatic heterocycles.